The van der Waals surface area contributed by atoms with Crippen molar-refractivity contribution in [1.29, 1.82) is 0 Å². The van der Waals surface area contributed by atoms with Gasteiger partial charge in [-0.25, -0.2) is 13.6 Å². The van der Waals surface area contributed by atoms with Gasteiger partial charge in [0.2, 0.25) is 5.88 Å². The molecule has 3 aromatic rings. The Hall–Kier alpha value is -3.35. The Bertz CT molecular complexity index is 1330. The zero-order valence-corrected chi connectivity index (χ0v) is 21.1. The number of ether oxygens (including phenoxy) is 1. The van der Waals surface area contributed by atoms with Crippen molar-refractivity contribution in [1.82, 2.24) is 19.5 Å². The van der Waals surface area contributed by atoms with E-state index < -0.39 is 30.2 Å². The summed E-state index contributed by atoms with van der Waals surface area (Å²) in [5.74, 6) is -2.61. The predicted octanol–water partition coefficient (Wildman–Crippen LogP) is 3.15. The standard InChI is InChI=1S/C25H28F2N6O3S/c1-32-11-16-10-15(32)12-33(16)8-4-7-29-25(35)30-24-20(22(28)34)23(31-37-24)36-13-18-19(26)9-14-5-2-3-6-17(14)21(18)27/h2-3,5-6,9,15-16H,4,7-8,10-13H2,1H3,(H2,28,34)(H2,29,30,35). The third-order valence-electron chi connectivity index (χ3n) is 7.06. The second-order valence-corrected chi connectivity index (χ2v) is 10.2. The summed E-state index contributed by atoms with van der Waals surface area (Å²) in [6, 6.07) is 8.42. The number of halogens is 2. The molecular formula is C25H28F2N6O3S. The fraction of sp³-hybridized carbons (Fsp3) is 0.400. The van der Waals surface area contributed by atoms with E-state index in [1.165, 1.54) is 12.5 Å². The first-order chi connectivity index (χ1) is 17.8. The van der Waals surface area contributed by atoms with Crippen LogP contribution in [0.25, 0.3) is 10.8 Å². The molecule has 0 radical (unpaired) electrons. The summed E-state index contributed by atoms with van der Waals surface area (Å²) < 4.78 is 38.9. The lowest BCUT2D eigenvalue weighted by molar-refractivity contribution is 0.0996. The molecule has 9 nitrogen and oxygen atoms in total. The first kappa shape index (κ1) is 25.3. The summed E-state index contributed by atoms with van der Waals surface area (Å²) in [6.07, 6.45) is 2.00. The minimum absolute atomic E-state index is 0.0966. The third-order valence-corrected chi connectivity index (χ3v) is 7.80. The number of hydrogen-bond acceptors (Lipinski definition) is 7. The number of nitrogens with two attached hydrogens (primary N) is 1. The number of urea groups is 1. The average Bonchev–Trinajstić information content (AvgIpc) is 3.55. The van der Waals surface area contributed by atoms with Gasteiger partial charge in [0, 0.05) is 43.6 Å². The molecule has 2 saturated heterocycles. The van der Waals surface area contributed by atoms with Crippen LogP contribution in [0.3, 0.4) is 0 Å². The highest BCUT2D eigenvalue weighted by atomic mass is 32.1. The minimum atomic E-state index is -0.882. The quantitative estimate of drug-likeness (QED) is 0.367. The van der Waals surface area contributed by atoms with E-state index in [0.29, 0.717) is 24.0 Å². The van der Waals surface area contributed by atoms with E-state index in [-0.39, 0.29) is 27.4 Å². The van der Waals surface area contributed by atoms with Gasteiger partial charge < -0.3 is 20.7 Å². The van der Waals surface area contributed by atoms with Crippen LogP contribution < -0.4 is 21.1 Å². The molecule has 0 aliphatic carbocycles. The van der Waals surface area contributed by atoms with Gasteiger partial charge in [-0.05, 0) is 42.9 Å². The lowest BCUT2D eigenvalue weighted by Crippen LogP contribution is -2.45. The fourth-order valence-electron chi connectivity index (χ4n) is 5.12. The predicted molar refractivity (Wildman–Crippen MR) is 137 cm³/mol. The van der Waals surface area contributed by atoms with Gasteiger partial charge in [-0.15, -0.1) is 0 Å². The van der Waals surface area contributed by atoms with E-state index in [9.17, 15) is 18.4 Å². The van der Waals surface area contributed by atoms with E-state index in [1.54, 1.807) is 24.3 Å². The Morgan fingerprint density at radius 2 is 2.05 bits per heavy atom. The lowest BCUT2D eigenvalue weighted by atomic mass is 10.1. The number of hydrogen-bond donors (Lipinski definition) is 3. The van der Waals surface area contributed by atoms with Crippen molar-refractivity contribution in [2.24, 2.45) is 5.73 Å². The molecule has 3 heterocycles. The Morgan fingerprint density at radius 1 is 1.24 bits per heavy atom. The largest absolute Gasteiger partial charge is 0.471 e. The van der Waals surface area contributed by atoms with E-state index in [1.807, 2.05) is 0 Å². The van der Waals surface area contributed by atoms with Gasteiger partial charge in [0.15, 0.2) is 0 Å². The lowest BCUT2D eigenvalue weighted by Gasteiger charge is -2.31. The number of fused-ring (bicyclic) bond motifs is 3. The molecule has 196 valence electrons. The summed E-state index contributed by atoms with van der Waals surface area (Å²) in [4.78, 5) is 29.3. The van der Waals surface area contributed by atoms with Crippen LogP contribution in [0.1, 0.15) is 28.8 Å². The number of benzene rings is 2. The Balaban J connectivity index is 1.17. The highest BCUT2D eigenvalue weighted by Gasteiger charge is 2.40. The molecule has 0 spiro atoms. The maximum Gasteiger partial charge on any atom is 0.319 e. The molecule has 2 fully saturated rings. The number of piperazine rings is 1. The number of carbonyl (C=O) groups is 2. The molecule has 0 saturated carbocycles. The maximum atomic E-state index is 14.9. The molecule has 4 N–H and O–H groups in total. The molecule has 2 atom stereocenters. The van der Waals surface area contributed by atoms with Gasteiger partial charge in [-0.2, -0.15) is 4.37 Å². The minimum Gasteiger partial charge on any atom is -0.471 e. The molecule has 12 heteroatoms. The molecular weight excluding hydrogens is 502 g/mol. The number of amides is 3. The third kappa shape index (κ3) is 5.22. The number of likely N-dealkylation sites (N-methyl/N-ethyl adjacent to an activating group) is 1. The highest BCUT2D eigenvalue weighted by molar-refractivity contribution is 7.11. The Kier molecular flexibility index (Phi) is 7.22. The first-order valence-electron chi connectivity index (χ1n) is 12.1. The molecule has 2 bridgehead atoms. The Morgan fingerprint density at radius 3 is 2.78 bits per heavy atom. The summed E-state index contributed by atoms with van der Waals surface area (Å²) in [5, 5.41) is 6.12. The number of nitrogens with zero attached hydrogens (tertiary/aromatic N) is 3. The monoisotopic (exact) mass is 530 g/mol. The number of anilines is 1. The molecule has 2 aliphatic rings. The number of aromatic nitrogens is 1. The summed E-state index contributed by atoms with van der Waals surface area (Å²) in [6.45, 7) is 3.01. The summed E-state index contributed by atoms with van der Waals surface area (Å²) in [7, 11) is 2.16. The molecule has 2 aliphatic heterocycles. The van der Waals surface area contributed by atoms with E-state index in [0.717, 1.165) is 37.6 Å². The Labute approximate surface area is 216 Å². The van der Waals surface area contributed by atoms with Crippen molar-refractivity contribution in [2.45, 2.75) is 31.5 Å². The second-order valence-electron chi connectivity index (χ2n) is 9.43. The zero-order chi connectivity index (χ0) is 26.1. The van der Waals surface area contributed by atoms with Crippen molar-refractivity contribution in [3.63, 3.8) is 0 Å². The van der Waals surface area contributed by atoms with Crippen LogP contribution in [-0.4, -0.2) is 71.4 Å². The SMILES string of the molecule is CN1CC2CC1CN2CCCNC(=O)Nc1snc(OCc2c(F)cc3ccccc3c2F)c1C(N)=O. The van der Waals surface area contributed by atoms with Gasteiger partial charge in [-0.1, -0.05) is 24.3 Å². The summed E-state index contributed by atoms with van der Waals surface area (Å²) in [5.41, 5.74) is 5.04. The van der Waals surface area contributed by atoms with Gasteiger partial charge in [0.05, 0.1) is 5.56 Å². The topological polar surface area (TPSA) is 113 Å². The average molecular weight is 531 g/mol. The van der Waals surface area contributed by atoms with Crippen LogP contribution in [0.15, 0.2) is 30.3 Å². The van der Waals surface area contributed by atoms with Crippen molar-refractivity contribution < 1.29 is 23.1 Å². The van der Waals surface area contributed by atoms with Gasteiger partial charge >= 0.3 is 6.03 Å². The number of carbonyl (C=O) groups excluding carboxylic acids is 2. The van der Waals surface area contributed by atoms with Crippen LogP contribution >= 0.6 is 11.5 Å². The van der Waals surface area contributed by atoms with Crippen LogP contribution in [0.4, 0.5) is 18.6 Å². The molecule has 1 aromatic heterocycles. The number of likely N-dealkylation sites (tertiary alicyclic amines) is 2. The number of primary amides is 1. The van der Waals surface area contributed by atoms with E-state index in [2.05, 4.69) is 31.9 Å². The summed E-state index contributed by atoms with van der Waals surface area (Å²) >= 11 is 0.799. The molecule has 2 unspecified atom stereocenters. The van der Waals surface area contributed by atoms with Gasteiger partial charge in [0.1, 0.15) is 28.8 Å². The van der Waals surface area contributed by atoms with Crippen LogP contribution in [0, 0.1) is 11.6 Å². The maximum absolute atomic E-state index is 14.9. The van der Waals surface area contributed by atoms with Crippen LogP contribution in [0.5, 0.6) is 5.88 Å². The fourth-order valence-corrected chi connectivity index (χ4v) is 5.85. The molecule has 2 aromatic carbocycles. The molecule has 5 rings (SSSR count). The van der Waals surface area contributed by atoms with E-state index >= 15 is 0 Å². The van der Waals surface area contributed by atoms with Crippen LogP contribution in [0.2, 0.25) is 0 Å². The first-order valence-corrected chi connectivity index (χ1v) is 12.9. The number of nitrogens with one attached hydrogen (secondary N) is 2. The zero-order valence-electron chi connectivity index (χ0n) is 20.3. The second kappa shape index (κ2) is 10.6. The van der Waals surface area contributed by atoms with Crippen LogP contribution in [-0.2, 0) is 6.61 Å². The van der Waals surface area contributed by atoms with Crippen molar-refractivity contribution >= 4 is 39.2 Å². The van der Waals surface area contributed by atoms with E-state index in [4.69, 9.17) is 10.5 Å². The molecule has 37 heavy (non-hydrogen) atoms. The van der Waals surface area contributed by atoms with Crippen molar-refractivity contribution in [3.8, 4) is 5.88 Å². The van der Waals surface area contributed by atoms with Gasteiger partial charge in [0.25, 0.3) is 5.91 Å². The highest BCUT2D eigenvalue weighted by Crippen LogP contribution is 2.32. The smallest absolute Gasteiger partial charge is 0.319 e. The van der Waals surface area contributed by atoms with Crippen molar-refractivity contribution in [2.75, 3.05) is 38.5 Å². The van der Waals surface area contributed by atoms with Gasteiger partial charge in [-0.3, -0.25) is 15.0 Å². The van der Waals surface area contributed by atoms with Crippen molar-refractivity contribution in [3.05, 3.63) is 53.1 Å². The number of rotatable bonds is 9. The molecule has 3 amide bonds. The normalized spacial score (nSPS) is 19.4.